The van der Waals surface area contributed by atoms with Crippen molar-refractivity contribution in [3.63, 3.8) is 0 Å². The van der Waals surface area contributed by atoms with Crippen molar-refractivity contribution in [2.75, 3.05) is 11.5 Å². The second-order valence-corrected chi connectivity index (χ2v) is 4.41. The van der Waals surface area contributed by atoms with E-state index < -0.39 is 7.94 Å². The van der Waals surface area contributed by atoms with E-state index in [1.807, 2.05) is 0 Å². The van der Waals surface area contributed by atoms with E-state index in [0.29, 0.717) is 11.8 Å². The van der Waals surface area contributed by atoms with Gasteiger partial charge < -0.3 is 0 Å². The van der Waals surface area contributed by atoms with Crippen molar-refractivity contribution >= 4 is 23.9 Å². The van der Waals surface area contributed by atoms with Gasteiger partial charge in [0.15, 0.2) is 0 Å². The van der Waals surface area contributed by atoms with Crippen LogP contribution in [-0.2, 0) is 0 Å². The third-order valence-corrected chi connectivity index (χ3v) is 2.23. The van der Waals surface area contributed by atoms with Crippen LogP contribution in [0.2, 0.25) is 0 Å². The fourth-order valence-corrected chi connectivity index (χ4v) is 1.75. The van der Waals surface area contributed by atoms with E-state index in [4.69, 9.17) is 14.7 Å². The first kappa shape index (κ1) is 8.79. The van der Waals surface area contributed by atoms with Crippen LogP contribution in [0.4, 0.5) is 0 Å². The van der Waals surface area contributed by atoms with Crippen molar-refractivity contribution in [1.29, 1.82) is 0 Å². The Morgan fingerprint density at radius 3 is 1.88 bits per heavy atom. The number of hydrogen-bond donors (Lipinski definition) is 3. The van der Waals surface area contributed by atoms with E-state index in [0.717, 1.165) is 0 Å². The van der Waals surface area contributed by atoms with Crippen LogP contribution in [-0.4, -0.2) is 26.2 Å². The molecule has 0 atom stereocenters. The molecule has 0 saturated heterocycles. The van der Waals surface area contributed by atoms with Crippen LogP contribution < -0.4 is 0 Å². The topological polar surface area (TPSA) is 60.7 Å². The monoisotopic (exact) mass is 204 g/mol. The van der Waals surface area contributed by atoms with Gasteiger partial charge >= 0.3 is 56.5 Å². The van der Waals surface area contributed by atoms with E-state index in [1.54, 1.807) is 0 Å². The molecule has 0 rings (SSSR count). The first-order chi connectivity index (χ1) is 3.56. The maximum absolute atomic E-state index is 8.38. The van der Waals surface area contributed by atoms with Gasteiger partial charge in [-0.15, -0.1) is 0 Å². The number of rotatable bonds is 3. The summed E-state index contributed by atoms with van der Waals surface area (Å²) in [6, 6.07) is 0. The Morgan fingerprint density at radius 1 is 1.25 bits per heavy atom. The molecule has 52 valence electrons. The molecule has 3 nitrogen and oxygen atoms in total. The first-order valence-electron chi connectivity index (χ1n) is 2.29. The van der Waals surface area contributed by atoms with Gasteiger partial charge in [0.1, 0.15) is 0 Å². The molecule has 0 aliphatic heterocycles. The Kier molecular flexibility index (Phi) is 4.12. The molecule has 5 heteroatoms. The Balaban J connectivity index is 3.11. The first-order valence-corrected chi connectivity index (χ1v) is 5.46. The predicted octanol–water partition coefficient (Wildman–Crippen LogP) is 0.243. The fourth-order valence-electron chi connectivity index (χ4n) is 0.304. The summed E-state index contributed by atoms with van der Waals surface area (Å²) in [5.41, 5.74) is 0. The molecule has 0 aromatic heterocycles. The van der Waals surface area contributed by atoms with E-state index in [1.165, 1.54) is 0 Å². The van der Waals surface area contributed by atoms with E-state index >= 15 is 0 Å². The number of halogens is 1. The van der Waals surface area contributed by atoms with Gasteiger partial charge in [-0.05, 0) is 0 Å². The summed E-state index contributed by atoms with van der Waals surface area (Å²) >= 11 is 3.09. The molecule has 0 bridgehead atoms. The zero-order valence-electron chi connectivity index (χ0n) is 4.34. The Morgan fingerprint density at radius 2 is 1.75 bits per heavy atom. The van der Waals surface area contributed by atoms with E-state index in [-0.39, 0.29) is 6.16 Å². The van der Waals surface area contributed by atoms with Gasteiger partial charge in [0.05, 0.1) is 0 Å². The quantitative estimate of drug-likeness (QED) is 0.457. The van der Waals surface area contributed by atoms with Gasteiger partial charge in [0, 0.05) is 0 Å². The zero-order valence-corrected chi connectivity index (χ0v) is 6.93. The predicted molar refractivity (Wildman–Crippen MR) is 38.2 cm³/mol. The van der Waals surface area contributed by atoms with Crippen LogP contribution in [0.25, 0.3) is 0 Å². The molecule has 0 amide bonds. The van der Waals surface area contributed by atoms with Gasteiger partial charge in [-0.25, -0.2) is 0 Å². The van der Waals surface area contributed by atoms with Crippen LogP contribution in [0, 0.1) is 0 Å². The maximum atomic E-state index is 8.38. The fraction of sp³-hybridized carbons (Fsp3) is 1.00. The van der Waals surface area contributed by atoms with E-state index in [9.17, 15) is 0 Å². The van der Waals surface area contributed by atoms with Crippen molar-refractivity contribution in [2.24, 2.45) is 0 Å². The Hall–Kier alpha value is 0.790. The van der Waals surface area contributed by atoms with Crippen molar-refractivity contribution in [3.8, 4) is 0 Å². The molecular weight excluding hydrogens is 195 g/mol. The third kappa shape index (κ3) is 6.79. The van der Waals surface area contributed by atoms with Crippen molar-refractivity contribution in [3.05, 3.63) is 0 Å². The van der Waals surface area contributed by atoms with Crippen LogP contribution in [0.1, 0.15) is 6.42 Å². The van der Waals surface area contributed by atoms with Crippen LogP contribution in [0.15, 0.2) is 0 Å². The van der Waals surface area contributed by atoms with Gasteiger partial charge in [-0.1, -0.05) is 0 Å². The molecule has 8 heavy (non-hydrogen) atoms. The van der Waals surface area contributed by atoms with Crippen molar-refractivity contribution in [2.45, 2.75) is 6.42 Å². The van der Waals surface area contributed by atoms with Gasteiger partial charge in [0.25, 0.3) is 0 Å². The normalized spacial score (nSPS) is 14.0. The molecule has 0 unspecified atom stereocenters. The van der Waals surface area contributed by atoms with Gasteiger partial charge in [-0.3, -0.25) is 0 Å². The minimum atomic E-state index is -3.71. The molecule has 0 spiro atoms. The molecule has 0 aromatic rings. The second-order valence-electron chi connectivity index (χ2n) is 1.57. The molecule has 3 N–H and O–H groups in total. The Bertz CT molecular complexity index is 62.0. The summed E-state index contributed by atoms with van der Waals surface area (Å²) < 4.78 is 0. The standard InChI is InChI=1S/C3H10BrO3P/c4-2-1-3-8(5,6)7/h5-8H,1-3H2. The van der Waals surface area contributed by atoms with Crippen LogP contribution in [0.3, 0.4) is 0 Å². The van der Waals surface area contributed by atoms with Crippen LogP contribution >= 0.6 is 23.9 Å². The summed E-state index contributed by atoms with van der Waals surface area (Å²) in [5, 5.41) is 0.698. The number of hydrogen-bond acceptors (Lipinski definition) is 3. The molecular formula is C3H10BrO3P. The average Bonchev–Trinajstić information content (AvgIpc) is 1.59. The molecule has 0 heterocycles. The van der Waals surface area contributed by atoms with Crippen molar-refractivity contribution < 1.29 is 14.7 Å². The number of alkyl halides is 1. The van der Waals surface area contributed by atoms with Gasteiger partial charge in [-0.2, -0.15) is 0 Å². The third-order valence-electron chi connectivity index (χ3n) is 0.646. The molecule has 0 radical (unpaired) electrons. The van der Waals surface area contributed by atoms with Crippen molar-refractivity contribution in [1.82, 2.24) is 0 Å². The van der Waals surface area contributed by atoms with E-state index in [2.05, 4.69) is 15.9 Å². The molecule has 0 aliphatic rings. The van der Waals surface area contributed by atoms with Crippen LogP contribution in [0.5, 0.6) is 0 Å². The second kappa shape index (κ2) is 3.75. The molecule has 0 fully saturated rings. The summed E-state index contributed by atoms with van der Waals surface area (Å²) in [5.74, 6) is 0. The average molecular weight is 205 g/mol. The SMILES string of the molecule is O[PH](O)(O)CCCBr. The summed E-state index contributed by atoms with van der Waals surface area (Å²) in [6.45, 7) is 0. The zero-order chi connectivity index (χ0) is 6.62. The molecule has 0 aromatic carbocycles. The summed E-state index contributed by atoms with van der Waals surface area (Å²) in [6.07, 6.45) is 0.730. The Labute approximate surface area is 57.1 Å². The van der Waals surface area contributed by atoms with Gasteiger partial charge in [0.2, 0.25) is 0 Å². The molecule has 0 aliphatic carbocycles. The summed E-state index contributed by atoms with van der Waals surface area (Å²) in [4.78, 5) is 25.1. The summed E-state index contributed by atoms with van der Waals surface area (Å²) in [7, 11) is -3.71. The minimum absolute atomic E-state index is 0.123. The molecule has 0 saturated carbocycles.